The van der Waals surface area contributed by atoms with Crippen LogP contribution in [0.15, 0.2) is 0 Å². The van der Waals surface area contributed by atoms with Crippen molar-refractivity contribution < 1.29 is 19.5 Å². The third kappa shape index (κ3) is 2.86. The second-order valence-electron chi connectivity index (χ2n) is 5.52. The van der Waals surface area contributed by atoms with Crippen molar-refractivity contribution in [1.29, 1.82) is 0 Å². The van der Waals surface area contributed by atoms with Crippen LogP contribution in [0.4, 0.5) is 4.79 Å². The molecule has 0 spiro atoms. The lowest BCUT2D eigenvalue weighted by Crippen LogP contribution is -2.64. The minimum absolute atomic E-state index is 0.168. The van der Waals surface area contributed by atoms with Gasteiger partial charge in [-0.2, -0.15) is 0 Å². The van der Waals surface area contributed by atoms with Gasteiger partial charge in [-0.15, -0.1) is 0 Å². The maximum Gasteiger partial charge on any atom is 0.318 e. The molecule has 1 heterocycles. The molecule has 0 radical (unpaired) electrons. The first-order chi connectivity index (χ1) is 9.47. The number of carboxylic acid groups (broad SMARTS) is 1. The van der Waals surface area contributed by atoms with Crippen LogP contribution >= 0.6 is 0 Å². The summed E-state index contributed by atoms with van der Waals surface area (Å²) >= 11 is 0. The lowest BCUT2D eigenvalue weighted by atomic mass is 9.75. The molecule has 3 amide bonds. The van der Waals surface area contributed by atoms with Gasteiger partial charge >= 0.3 is 12.0 Å². The Kier molecular flexibility index (Phi) is 4.15. The molecule has 1 aliphatic carbocycles. The standard InChI is InChI=1S/C13H21N3O4/c1-2-13(4-3-5-13)15-12(20)16-7-6-14-11(19)9(16)8-10(17)18/h9H,2-8H2,1H3,(H,14,19)(H,15,20)(H,17,18). The molecule has 0 bridgehead atoms. The van der Waals surface area contributed by atoms with E-state index in [0.29, 0.717) is 13.1 Å². The topological polar surface area (TPSA) is 98.7 Å². The number of urea groups is 1. The van der Waals surface area contributed by atoms with E-state index < -0.39 is 17.9 Å². The fourth-order valence-corrected chi connectivity index (χ4v) is 2.80. The number of rotatable bonds is 4. The highest BCUT2D eigenvalue weighted by Gasteiger charge is 2.41. The molecule has 1 saturated heterocycles. The molecule has 112 valence electrons. The predicted molar refractivity (Wildman–Crippen MR) is 71.2 cm³/mol. The average molecular weight is 283 g/mol. The normalized spacial score (nSPS) is 24.6. The Bertz CT molecular complexity index is 414. The smallest absolute Gasteiger partial charge is 0.318 e. The summed E-state index contributed by atoms with van der Waals surface area (Å²) in [6.45, 7) is 2.73. The van der Waals surface area contributed by atoms with Crippen molar-refractivity contribution in [3.05, 3.63) is 0 Å². The molecule has 7 nitrogen and oxygen atoms in total. The van der Waals surface area contributed by atoms with Crippen LogP contribution in [-0.4, -0.2) is 52.6 Å². The first kappa shape index (κ1) is 14.6. The monoisotopic (exact) mass is 283 g/mol. The Hall–Kier alpha value is -1.79. The van der Waals surface area contributed by atoms with Crippen LogP contribution in [0.5, 0.6) is 0 Å². The maximum atomic E-state index is 12.3. The van der Waals surface area contributed by atoms with Crippen molar-refractivity contribution in [3.63, 3.8) is 0 Å². The average Bonchev–Trinajstić information content (AvgIpc) is 2.35. The second-order valence-corrected chi connectivity index (χ2v) is 5.52. The number of aliphatic carboxylic acids is 1. The maximum absolute atomic E-state index is 12.3. The highest BCUT2D eigenvalue weighted by Crippen LogP contribution is 2.34. The Labute approximate surface area is 117 Å². The predicted octanol–water partition coefficient (Wildman–Crippen LogP) is 0.304. The summed E-state index contributed by atoms with van der Waals surface area (Å²) < 4.78 is 0. The van der Waals surface area contributed by atoms with Crippen LogP contribution in [0.3, 0.4) is 0 Å². The van der Waals surface area contributed by atoms with E-state index in [1.165, 1.54) is 4.90 Å². The molecule has 20 heavy (non-hydrogen) atoms. The molecule has 1 unspecified atom stereocenters. The Morgan fingerprint density at radius 1 is 1.50 bits per heavy atom. The van der Waals surface area contributed by atoms with E-state index in [1.54, 1.807) is 0 Å². The van der Waals surface area contributed by atoms with E-state index >= 15 is 0 Å². The number of piperazine rings is 1. The summed E-state index contributed by atoms with van der Waals surface area (Å²) in [4.78, 5) is 36.3. The van der Waals surface area contributed by atoms with Crippen LogP contribution < -0.4 is 10.6 Å². The molecule has 0 aromatic rings. The quantitative estimate of drug-likeness (QED) is 0.691. The van der Waals surface area contributed by atoms with E-state index in [0.717, 1.165) is 25.7 Å². The van der Waals surface area contributed by atoms with Gasteiger partial charge in [-0.05, 0) is 25.7 Å². The molecule has 2 fully saturated rings. The van der Waals surface area contributed by atoms with Crippen LogP contribution in [0.1, 0.15) is 39.0 Å². The summed E-state index contributed by atoms with van der Waals surface area (Å²) in [7, 11) is 0. The van der Waals surface area contributed by atoms with Crippen LogP contribution in [-0.2, 0) is 9.59 Å². The van der Waals surface area contributed by atoms with Crippen molar-refractivity contribution in [2.75, 3.05) is 13.1 Å². The summed E-state index contributed by atoms with van der Waals surface area (Å²) in [5.74, 6) is -1.48. The molecule has 1 saturated carbocycles. The Morgan fingerprint density at radius 3 is 2.70 bits per heavy atom. The van der Waals surface area contributed by atoms with Gasteiger partial charge in [0.25, 0.3) is 0 Å². The molecule has 7 heteroatoms. The number of nitrogens with zero attached hydrogens (tertiary/aromatic N) is 1. The van der Waals surface area contributed by atoms with E-state index in [-0.39, 0.29) is 18.0 Å². The third-order valence-electron chi connectivity index (χ3n) is 4.32. The van der Waals surface area contributed by atoms with Crippen molar-refractivity contribution in [2.24, 2.45) is 0 Å². The largest absolute Gasteiger partial charge is 0.481 e. The fourth-order valence-electron chi connectivity index (χ4n) is 2.80. The lowest BCUT2D eigenvalue weighted by Gasteiger charge is -2.44. The number of hydrogen-bond donors (Lipinski definition) is 3. The van der Waals surface area contributed by atoms with Gasteiger partial charge in [0.05, 0.1) is 6.42 Å². The molecule has 1 atom stereocenters. The van der Waals surface area contributed by atoms with Crippen molar-refractivity contribution >= 4 is 17.9 Å². The number of hydrogen-bond acceptors (Lipinski definition) is 3. The molecule has 3 N–H and O–H groups in total. The number of carboxylic acids is 1. The second kappa shape index (κ2) is 5.68. The van der Waals surface area contributed by atoms with Crippen molar-refractivity contribution in [3.8, 4) is 0 Å². The number of nitrogens with one attached hydrogen (secondary N) is 2. The SMILES string of the molecule is CCC1(NC(=O)N2CCNC(=O)C2CC(=O)O)CCC1. The van der Waals surface area contributed by atoms with Crippen molar-refractivity contribution in [2.45, 2.75) is 50.6 Å². The first-order valence-electron chi connectivity index (χ1n) is 7.06. The van der Waals surface area contributed by atoms with E-state index in [4.69, 9.17) is 5.11 Å². The molecule has 2 rings (SSSR count). The molecule has 0 aromatic carbocycles. The van der Waals surface area contributed by atoms with Gasteiger partial charge < -0.3 is 20.6 Å². The summed E-state index contributed by atoms with van der Waals surface area (Å²) in [6.07, 6.45) is 3.46. The van der Waals surface area contributed by atoms with Gasteiger partial charge in [-0.25, -0.2) is 4.79 Å². The van der Waals surface area contributed by atoms with Gasteiger partial charge in [0.2, 0.25) is 5.91 Å². The molecule has 0 aromatic heterocycles. The van der Waals surface area contributed by atoms with E-state index in [1.807, 2.05) is 6.92 Å². The summed E-state index contributed by atoms with van der Waals surface area (Å²) in [6, 6.07) is -1.25. The Morgan fingerprint density at radius 2 is 2.20 bits per heavy atom. The fraction of sp³-hybridized carbons (Fsp3) is 0.769. The number of carbonyl (C=O) groups excluding carboxylic acids is 2. The third-order valence-corrected chi connectivity index (χ3v) is 4.32. The highest BCUT2D eigenvalue weighted by molar-refractivity contribution is 5.91. The van der Waals surface area contributed by atoms with Gasteiger partial charge in [0.1, 0.15) is 6.04 Å². The van der Waals surface area contributed by atoms with Gasteiger partial charge in [-0.1, -0.05) is 6.92 Å². The summed E-state index contributed by atoms with van der Waals surface area (Å²) in [5.41, 5.74) is -0.168. The van der Waals surface area contributed by atoms with E-state index in [9.17, 15) is 14.4 Å². The summed E-state index contributed by atoms with van der Waals surface area (Å²) in [5, 5.41) is 14.5. The van der Waals surface area contributed by atoms with Crippen molar-refractivity contribution in [1.82, 2.24) is 15.5 Å². The highest BCUT2D eigenvalue weighted by atomic mass is 16.4. The minimum Gasteiger partial charge on any atom is -0.481 e. The van der Waals surface area contributed by atoms with Gasteiger partial charge in [-0.3, -0.25) is 9.59 Å². The van der Waals surface area contributed by atoms with E-state index in [2.05, 4.69) is 10.6 Å². The molecular formula is C13H21N3O4. The number of amides is 3. The number of carbonyl (C=O) groups is 3. The lowest BCUT2D eigenvalue weighted by molar-refractivity contribution is -0.142. The first-order valence-corrected chi connectivity index (χ1v) is 7.06. The van der Waals surface area contributed by atoms with Gasteiger partial charge in [0, 0.05) is 18.6 Å². The molecule has 1 aliphatic heterocycles. The zero-order valence-electron chi connectivity index (χ0n) is 11.6. The van der Waals surface area contributed by atoms with Crippen LogP contribution in [0, 0.1) is 0 Å². The minimum atomic E-state index is -1.08. The zero-order valence-corrected chi connectivity index (χ0v) is 11.6. The molecule has 2 aliphatic rings. The van der Waals surface area contributed by atoms with Crippen LogP contribution in [0.2, 0.25) is 0 Å². The van der Waals surface area contributed by atoms with Gasteiger partial charge in [0.15, 0.2) is 0 Å². The Balaban J connectivity index is 2.05. The zero-order chi connectivity index (χ0) is 14.8. The molecular weight excluding hydrogens is 262 g/mol. The van der Waals surface area contributed by atoms with Crippen LogP contribution in [0.25, 0.3) is 0 Å².